The van der Waals surface area contributed by atoms with E-state index in [-0.39, 0.29) is 6.61 Å². The van der Waals surface area contributed by atoms with E-state index < -0.39 is 11.8 Å². The van der Waals surface area contributed by atoms with Gasteiger partial charge in [0.2, 0.25) is 0 Å². The molecular weight excluding hydrogens is 261 g/mol. The van der Waals surface area contributed by atoms with Crippen LogP contribution in [0.3, 0.4) is 0 Å². The maximum Gasteiger partial charge on any atom is 0.337 e. The van der Waals surface area contributed by atoms with Crippen molar-refractivity contribution < 1.29 is 18.7 Å². The Hall–Kier alpha value is -2.56. The fourth-order valence-electron chi connectivity index (χ4n) is 1.65. The molecule has 2 rings (SSSR count). The Morgan fingerprint density at radius 2 is 1.90 bits per heavy atom. The summed E-state index contributed by atoms with van der Waals surface area (Å²) in [6, 6.07) is 10.7. The fraction of sp³-hybridized carbons (Fsp3) is 0.133. The second-order valence-electron chi connectivity index (χ2n) is 4.16. The second-order valence-corrected chi connectivity index (χ2v) is 4.16. The third-order valence-corrected chi connectivity index (χ3v) is 2.74. The van der Waals surface area contributed by atoms with E-state index >= 15 is 0 Å². The number of hydrogen-bond acceptors (Lipinski definition) is 4. The van der Waals surface area contributed by atoms with Crippen LogP contribution < -0.4 is 10.5 Å². The third kappa shape index (κ3) is 3.26. The number of hydrogen-bond donors (Lipinski definition) is 1. The summed E-state index contributed by atoms with van der Waals surface area (Å²) in [5, 5.41) is 0. The number of nitrogens with two attached hydrogens (primary N) is 1. The van der Waals surface area contributed by atoms with Gasteiger partial charge in [0.15, 0.2) is 0 Å². The molecule has 0 aliphatic rings. The molecule has 0 spiro atoms. The largest absolute Gasteiger partial charge is 0.487 e. The molecule has 2 N–H and O–H groups in total. The van der Waals surface area contributed by atoms with Gasteiger partial charge >= 0.3 is 5.97 Å². The molecule has 0 amide bonds. The zero-order valence-electron chi connectivity index (χ0n) is 10.9. The van der Waals surface area contributed by atoms with Gasteiger partial charge in [-0.15, -0.1) is 0 Å². The smallest absolute Gasteiger partial charge is 0.337 e. The van der Waals surface area contributed by atoms with Crippen LogP contribution in [0.2, 0.25) is 0 Å². The SMILES string of the molecule is COC(=O)c1ccc(COc2cc(F)ccc2N)cc1. The van der Waals surface area contributed by atoms with E-state index in [0.29, 0.717) is 17.0 Å². The van der Waals surface area contributed by atoms with E-state index in [9.17, 15) is 9.18 Å². The van der Waals surface area contributed by atoms with Crippen LogP contribution in [0, 0.1) is 5.82 Å². The van der Waals surface area contributed by atoms with Crippen molar-refractivity contribution in [3.63, 3.8) is 0 Å². The average Bonchev–Trinajstić information content (AvgIpc) is 2.48. The molecule has 104 valence electrons. The predicted molar refractivity (Wildman–Crippen MR) is 72.9 cm³/mol. The molecule has 0 aromatic heterocycles. The maximum atomic E-state index is 13.1. The van der Waals surface area contributed by atoms with Gasteiger partial charge in [0.1, 0.15) is 18.2 Å². The number of nitrogen functional groups attached to an aromatic ring is 1. The molecule has 0 saturated heterocycles. The molecule has 0 bridgehead atoms. The van der Waals surface area contributed by atoms with Crippen molar-refractivity contribution in [2.75, 3.05) is 12.8 Å². The van der Waals surface area contributed by atoms with Gasteiger partial charge in [0.05, 0.1) is 18.4 Å². The van der Waals surface area contributed by atoms with E-state index in [1.807, 2.05) is 0 Å². The first-order valence-electron chi connectivity index (χ1n) is 5.95. The molecule has 4 nitrogen and oxygen atoms in total. The van der Waals surface area contributed by atoms with Crippen molar-refractivity contribution >= 4 is 11.7 Å². The van der Waals surface area contributed by atoms with Crippen LogP contribution in [0.1, 0.15) is 15.9 Å². The number of ether oxygens (including phenoxy) is 2. The highest BCUT2D eigenvalue weighted by atomic mass is 19.1. The van der Waals surface area contributed by atoms with E-state index in [0.717, 1.165) is 5.56 Å². The molecule has 0 fully saturated rings. The standard InChI is InChI=1S/C15H14FNO3/c1-19-15(18)11-4-2-10(3-5-11)9-20-14-8-12(16)6-7-13(14)17/h2-8H,9,17H2,1H3. The summed E-state index contributed by atoms with van der Waals surface area (Å²) in [6.45, 7) is 0.231. The first kappa shape index (κ1) is 13.9. The van der Waals surface area contributed by atoms with Crippen LogP contribution in [-0.4, -0.2) is 13.1 Å². The van der Waals surface area contributed by atoms with Gasteiger partial charge in [0, 0.05) is 6.07 Å². The summed E-state index contributed by atoms with van der Waals surface area (Å²) < 4.78 is 23.1. The van der Waals surface area contributed by atoms with Crippen LogP contribution in [0.25, 0.3) is 0 Å². The number of esters is 1. The second kappa shape index (κ2) is 6.06. The van der Waals surface area contributed by atoms with Gasteiger partial charge in [-0.2, -0.15) is 0 Å². The maximum absolute atomic E-state index is 13.1. The van der Waals surface area contributed by atoms with Crippen LogP contribution in [0.15, 0.2) is 42.5 Å². The van der Waals surface area contributed by atoms with Crippen molar-refractivity contribution in [3.8, 4) is 5.75 Å². The molecule has 0 aliphatic carbocycles. The number of carbonyl (C=O) groups is 1. The number of methoxy groups -OCH3 is 1. The van der Waals surface area contributed by atoms with E-state index in [2.05, 4.69) is 4.74 Å². The molecule has 2 aromatic rings. The molecule has 0 heterocycles. The summed E-state index contributed by atoms with van der Waals surface area (Å²) in [6.07, 6.45) is 0. The van der Waals surface area contributed by atoms with Crippen LogP contribution in [0.5, 0.6) is 5.75 Å². The minimum Gasteiger partial charge on any atom is -0.487 e. The molecular formula is C15H14FNO3. The first-order chi connectivity index (χ1) is 9.60. The highest BCUT2D eigenvalue weighted by molar-refractivity contribution is 5.89. The molecule has 0 saturated carbocycles. The number of rotatable bonds is 4. The van der Waals surface area contributed by atoms with Gasteiger partial charge in [-0.3, -0.25) is 0 Å². The lowest BCUT2D eigenvalue weighted by Crippen LogP contribution is -2.02. The Morgan fingerprint density at radius 3 is 2.55 bits per heavy atom. The summed E-state index contributed by atoms with van der Waals surface area (Å²) >= 11 is 0. The van der Waals surface area contributed by atoms with Gasteiger partial charge in [-0.25, -0.2) is 9.18 Å². The molecule has 5 heteroatoms. The number of halogens is 1. The average molecular weight is 275 g/mol. The third-order valence-electron chi connectivity index (χ3n) is 2.74. The Kier molecular flexibility index (Phi) is 4.20. The number of carbonyl (C=O) groups excluding carboxylic acids is 1. The van der Waals surface area contributed by atoms with Gasteiger partial charge in [-0.05, 0) is 29.8 Å². The summed E-state index contributed by atoms with van der Waals surface area (Å²) in [5.74, 6) is -0.510. The Labute approximate surface area is 115 Å². The predicted octanol–water partition coefficient (Wildman–Crippen LogP) is 2.77. The monoisotopic (exact) mass is 275 g/mol. The quantitative estimate of drug-likeness (QED) is 0.688. The minimum absolute atomic E-state index is 0.231. The lowest BCUT2D eigenvalue weighted by Gasteiger charge is -2.09. The van der Waals surface area contributed by atoms with E-state index in [1.165, 1.54) is 25.3 Å². The molecule has 0 radical (unpaired) electrons. The number of benzene rings is 2. The summed E-state index contributed by atoms with van der Waals surface area (Å²) in [4.78, 5) is 11.3. The zero-order chi connectivity index (χ0) is 14.5. The molecule has 0 aliphatic heterocycles. The molecule has 20 heavy (non-hydrogen) atoms. The molecule has 0 unspecified atom stereocenters. The van der Waals surface area contributed by atoms with Gasteiger partial charge in [-0.1, -0.05) is 12.1 Å². The molecule has 2 aromatic carbocycles. The topological polar surface area (TPSA) is 61.5 Å². The van der Waals surface area contributed by atoms with Crippen molar-refractivity contribution in [3.05, 3.63) is 59.4 Å². The van der Waals surface area contributed by atoms with E-state index in [4.69, 9.17) is 10.5 Å². The van der Waals surface area contributed by atoms with Crippen molar-refractivity contribution in [1.82, 2.24) is 0 Å². The van der Waals surface area contributed by atoms with Gasteiger partial charge in [0.25, 0.3) is 0 Å². The highest BCUT2D eigenvalue weighted by Gasteiger charge is 2.06. The minimum atomic E-state index is -0.407. The lowest BCUT2D eigenvalue weighted by atomic mass is 10.1. The summed E-state index contributed by atoms with van der Waals surface area (Å²) in [7, 11) is 1.33. The van der Waals surface area contributed by atoms with Crippen LogP contribution in [0.4, 0.5) is 10.1 Å². The Morgan fingerprint density at radius 1 is 1.20 bits per heavy atom. The molecule has 0 atom stereocenters. The highest BCUT2D eigenvalue weighted by Crippen LogP contribution is 2.23. The Bertz CT molecular complexity index is 611. The number of anilines is 1. The van der Waals surface area contributed by atoms with Crippen LogP contribution >= 0.6 is 0 Å². The lowest BCUT2D eigenvalue weighted by molar-refractivity contribution is 0.0600. The Balaban J connectivity index is 2.04. The first-order valence-corrected chi connectivity index (χ1v) is 5.95. The van der Waals surface area contributed by atoms with Crippen molar-refractivity contribution in [1.29, 1.82) is 0 Å². The van der Waals surface area contributed by atoms with Crippen LogP contribution in [-0.2, 0) is 11.3 Å². The van der Waals surface area contributed by atoms with Crippen molar-refractivity contribution in [2.24, 2.45) is 0 Å². The summed E-state index contributed by atoms with van der Waals surface area (Å²) in [5.41, 5.74) is 7.35. The van der Waals surface area contributed by atoms with Gasteiger partial charge < -0.3 is 15.2 Å². The normalized spacial score (nSPS) is 10.1. The fourth-order valence-corrected chi connectivity index (χ4v) is 1.65. The van der Waals surface area contributed by atoms with E-state index in [1.54, 1.807) is 24.3 Å². The zero-order valence-corrected chi connectivity index (χ0v) is 10.9. The van der Waals surface area contributed by atoms with Crippen molar-refractivity contribution in [2.45, 2.75) is 6.61 Å².